The number of rotatable bonds is 3. The average Bonchev–Trinajstić information content (AvgIpc) is 2.41. The van der Waals surface area contributed by atoms with Gasteiger partial charge >= 0.3 is 0 Å². The van der Waals surface area contributed by atoms with Crippen molar-refractivity contribution < 1.29 is 0 Å². The highest BCUT2D eigenvalue weighted by Gasteiger charge is 2.28. The molecule has 0 aromatic carbocycles. The lowest BCUT2D eigenvalue weighted by Gasteiger charge is -2.32. The summed E-state index contributed by atoms with van der Waals surface area (Å²) in [4.78, 5) is 12.1. The van der Waals surface area contributed by atoms with Gasteiger partial charge in [0.2, 0.25) is 0 Å². The van der Waals surface area contributed by atoms with E-state index in [-0.39, 0.29) is 5.41 Å². The molecule has 1 fully saturated rings. The molecule has 0 spiro atoms. The second-order valence-corrected chi connectivity index (χ2v) is 8.39. The zero-order valence-corrected chi connectivity index (χ0v) is 15.9. The SMILES string of the molecule is CCNc1nc(C2CSCCN2C)nc(C(C)(C)C)c1Br. The molecule has 1 N–H and O–H groups in total. The molecule has 6 heteroatoms. The zero-order chi connectivity index (χ0) is 15.6. The summed E-state index contributed by atoms with van der Waals surface area (Å²) in [6.45, 7) is 10.6. The molecular weight excluding hydrogens is 348 g/mol. The number of nitrogens with zero attached hydrogens (tertiary/aromatic N) is 3. The minimum absolute atomic E-state index is 0.0128. The summed E-state index contributed by atoms with van der Waals surface area (Å²) in [5, 5.41) is 3.36. The first-order valence-electron chi connectivity index (χ1n) is 7.44. The van der Waals surface area contributed by atoms with Crippen LogP contribution in [0.3, 0.4) is 0 Å². The molecule has 2 rings (SSSR count). The lowest BCUT2D eigenvalue weighted by molar-refractivity contribution is 0.263. The molecule has 0 amide bonds. The lowest BCUT2D eigenvalue weighted by Crippen LogP contribution is -2.34. The van der Waals surface area contributed by atoms with Crippen LogP contribution in [0.15, 0.2) is 4.47 Å². The minimum atomic E-state index is -0.0128. The Kier molecular flexibility index (Phi) is 5.54. The molecule has 0 bridgehead atoms. The molecule has 1 saturated heterocycles. The van der Waals surface area contributed by atoms with Gasteiger partial charge in [0.1, 0.15) is 11.6 Å². The van der Waals surface area contributed by atoms with E-state index in [0.717, 1.165) is 40.7 Å². The quantitative estimate of drug-likeness (QED) is 0.875. The predicted octanol–water partition coefficient (Wildman–Crippen LogP) is 3.69. The van der Waals surface area contributed by atoms with E-state index in [1.807, 2.05) is 11.8 Å². The summed E-state index contributed by atoms with van der Waals surface area (Å²) in [5.41, 5.74) is 1.06. The number of hydrogen-bond acceptors (Lipinski definition) is 5. The molecule has 0 aliphatic carbocycles. The van der Waals surface area contributed by atoms with Gasteiger partial charge in [-0.1, -0.05) is 20.8 Å². The van der Waals surface area contributed by atoms with Crippen LogP contribution in [0.5, 0.6) is 0 Å². The van der Waals surface area contributed by atoms with Crippen molar-refractivity contribution in [2.75, 3.05) is 37.0 Å². The van der Waals surface area contributed by atoms with Crippen LogP contribution in [0.4, 0.5) is 5.82 Å². The van der Waals surface area contributed by atoms with Gasteiger partial charge in [0.25, 0.3) is 0 Å². The molecule has 0 saturated carbocycles. The van der Waals surface area contributed by atoms with Gasteiger partial charge < -0.3 is 5.32 Å². The van der Waals surface area contributed by atoms with E-state index in [0.29, 0.717) is 6.04 Å². The molecule has 21 heavy (non-hydrogen) atoms. The summed E-state index contributed by atoms with van der Waals surface area (Å²) in [5.74, 6) is 4.10. The Morgan fingerprint density at radius 2 is 2.10 bits per heavy atom. The van der Waals surface area contributed by atoms with Gasteiger partial charge in [0.15, 0.2) is 0 Å². The Balaban J connectivity index is 2.48. The zero-order valence-electron chi connectivity index (χ0n) is 13.5. The molecule has 118 valence electrons. The van der Waals surface area contributed by atoms with Gasteiger partial charge in [-0.25, -0.2) is 9.97 Å². The topological polar surface area (TPSA) is 41.1 Å². The van der Waals surface area contributed by atoms with E-state index in [2.05, 4.69) is 60.9 Å². The largest absolute Gasteiger partial charge is 0.369 e. The highest BCUT2D eigenvalue weighted by Crippen LogP contribution is 2.35. The summed E-state index contributed by atoms with van der Waals surface area (Å²) in [7, 11) is 2.17. The first kappa shape index (κ1) is 17.0. The first-order chi connectivity index (χ1) is 9.84. The lowest BCUT2D eigenvalue weighted by atomic mass is 9.91. The third kappa shape index (κ3) is 3.90. The van der Waals surface area contributed by atoms with E-state index >= 15 is 0 Å². The molecular formula is C15H25BrN4S. The molecule has 1 aromatic rings. The molecule has 1 aliphatic rings. The van der Waals surface area contributed by atoms with Crippen molar-refractivity contribution in [1.29, 1.82) is 0 Å². The van der Waals surface area contributed by atoms with Crippen LogP contribution in [0, 0.1) is 0 Å². The molecule has 1 aromatic heterocycles. The maximum absolute atomic E-state index is 4.91. The average molecular weight is 373 g/mol. The number of nitrogens with one attached hydrogen (secondary N) is 1. The fourth-order valence-electron chi connectivity index (χ4n) is 2.35. The van der Waals surface area contributed by atoms with Crippen molar-refractivity contribution in [2.45, 2.75) is 39.2 Å². The maximum Gasteiger partial charge on any atom is 0.149 e. The summed E-state index contributed by atoms with van der Waals surface area (Å²) in [6, 6.07) is 0.301. The van der Waals surface area contributed by atoms with Crippen LogP contribution in [0.25, 0.3) is 0 Å². The van der Waals surface area contributed by atoms with Crippen molar-refractivity contribution in [3.63, 3.8) is 0 Å². The van der Waals surface area contributed by atoms with Crippen LogP contribution >= 0.6 is 27.7 Å². The van der Waals surface area contributed by atoms with Gasteiger partial charge in [-0.3, -0.25) is 4.90 Å². The van der Waals surface area contributed by atoms with Crippen molar-refractivity contribution in [2.24, 2.45) is 0 Å². The molecule has 1 atom stereocenters. The summed E-state index contributed by atoms with van der Waals surface area (Å²) < 4.78 is 0.992. The summed E-state index contributed by atoms with van der Waals surface area (Å²) in [6.07, 6.45) is 0. The minimum Gasteiger partial charge on any atom is -0.369 e. The highest BCUT2D eigenvalue weighted by atomic mass is 79.9. The number of anilines is 1. The molecule has 1 aliphatic heterocycles. The van der Waals surface area contributed by atoms with Crippen LogP contribution in [0.2, 0.25) is 0 Å². The van der Waals surface area contributed by atoms with E-state index in [1.54, 1.807) is 0 Å². The fraction of sp³-hybridized carbons (Fsp3) is 0.733. The third-order valence-corrected chi connectivity index (χ3v) is 5.39. The van der Waals surface area contributed by atoms with Crippen molar-refractivity contribution >= 4 is 33.5 Å². The van der Waals surface area contributed by atoms with Crippen LogP contribution in [0.1, 0.15) is 45.3 Å². The highest BCUT2D eigenvalue weighted by molar-refractivity contribution is 9.10. The number of halogens is 1. The van der Waals surface area contributed by atoms with E-state index in [4.69, 9.17) is 9.97 Å². The van der Waals surface area contributed by atoms with E-state index in [1.165, 1.54) is 5.75 Å². The summed E-state index contributed by atoms with van der Waals surface area (Å²) >= 11 is 5.67. The predicted molar refractivity (Wildman–Crippen MR) is 95.3 cm³/mol. The van der Waals surface area contributed by atoms with Crippen molar-refractivity contribution in [3.8, 4) is 0 Å². The standard InChI is InChI=1S/C15H25BrN4S/c1-6-17-14-11(16)12(15(2,3)4)18-13(19-14)10-9-21-8-7-20(10)5/h10H,6-9H2,1-5H3,(H,17,18,19). The number of aromatic nitrogens is 2. The van der Waals surface area contributed by atoms with E-state index < -0.39 is 0 Å². The second-order valence-electron chi connectivity index (χ2n) is 6.44. The van der Waals surface area contributed by atoms with Crippen LogP contribution in [-0.2, 0) is 5.41 Å². The maximum atomic E-state index is 4.91. The van der Waals surface area contributed by atoms with Gasteiger partial charge in [0.05, 0.1) is 16.2 Å². The Hall–Kier alpha value is -0.330. The normalized spacial score (nSPS) is 20.6. The fourth-order valence-corrected chi connectivity index (χ4v) is 4.48. The van der Waals surface area contributed by atoms with Gasteiger partial charge in [-0.2, -0.15) is 11.8 Å². The molecule has 4 nitrogen and oxygen atoms in total. The van der Waals surface area contributed by atoms with Crippen molar-refractivity contribution in [1.82, 2.24) is 14.9 Å². The molecule has 0 radical (unpaired) electrons. The first-order valence-corrected chi connectivity index (χ1v) is 9.39. The van der Waals surface area contributed by atoms with Gasteiger partial charge in [0, 0.05) is 30.0 Å². The Bertz CT molecular complexity index is 501. The Labute approximate surface area is 140 Å². The van der Waals surface area contributed by atoms with Crippen LogP contribution < -0.4 is 5.32 Å². The number of hydrogen-bond donors (Lipinski definition) is 1. The Morgan fingerprint density at radius 3 is 2.67 bits per heavy atom. The van der Waals surface area contributed by atoms with Gasteiger partial charge in [-0.05, 0) is 29.9 Å². The van der Waals surface area contributed by atoms with E-state index in [9.17, 15) is 0 Å². The monoisotopic (exact) mass is 372 g/mol. The van der Waals surface area contributed by atoms with Gasteiger partial charge in [-0.15, -0.1) is 0 Å². The number of thioether (sulfide) groups is 1. The molecule has 2 heterocycles. The second kappa shape index (κ2) is 6.84. The smallest absolute Gasteiger partial charge is 0.149 e. The van der Waals surface area contributed by atoms with Crippen molar-refractivity contribution in [3.05, 3.63) is 16.0 Å². The third-order valence-electron chi connectivity index (χ3n) is 3.62. The van der Waals surface area contributed by atoms with Crippen LogP contribution in [-0.4, -0.2) is 46.5 Å². The molecule has 1 unspecified atom stereocenters. The Morgan fingerprint density at radius 1 is 1.38 bits per heavy atom.